The van der Waals surface area contributed by atoms with Crippen molar-refractivity contribution in [1.82, 2.24) is 0 Å². The van der Waals surface area contributed by atoms with Crippen LogP contribution in [0.1, 0.15) is 41.0 Å². The number of allylic oxidation sites excluding steroid dienone is 1. The number of rotatable bonds is 2. The molecule has 0 N–H and O–H groups in total. The molecular formula is C12H19FO2. The van der Waals surface area contributed by atoms with Crippen LogP contribution in [0.3, 0.4) is 0 Å². The van der Waals surface area contributed by atoms with E-state index in [1.807, 2.05) is 0 Å². The second kappa shape index (κ2) is 3.62. The van der Waals surface area contributed by atoms with Gasteiger partial charge in [-0.15, -0.1) is 0 Å². The van der Waals surface area contributed by atoms with Crippen LogP contribution < -0.4 is 0 Å². The molecule has 0 aromatic heterocycles. The van der Waals surface area contributed by atoms with Gasteiger partial charge in [-0.25, -0.2) is 4.79 Å². The summed E-state index contributed by atoms with van der Waals surface area (Å²) >= 11 is 0. The maximum atomic E-state index is 13.3. The molecule has 0 radical (unpaired) electrons. The molecule has 0 heterocycles. The Hall–Kier alpha value is -0.860. The lowest BCUT2D eigenvalue weighted by molar-refractivity contribution is -0.151. The van der Waals surface area contributed by atoms with Gasteiger partial charge in [-0.3, -0.25) is 0 Å². The van der Waals surface area contributed by atoms with Gasteiger partial charge in [0.25, 0.3) is 0 Å². The van der Waals surface area contributed by atoms with Gasteiger partial charge >= 0.3 is 5.97 Å². The van der Waals surface area contributed by atoms with Crippen molar-refractivity contribution in [3.05, 3.63) is 11.9 Å². The Kier molecular flexibility index (Phi) is 2.94. The molecule has 0 aromatic rings. The van der Waals surface area contributed by atoms with Crippen LogP contribution in [0.25, 0.3) is 0 Å². The highest BCUT2D eigenvalue weighted by atomic mass is 19.1. The number of halogens is 1. The van der Waals surface area contributed by atoms with E-state index < -0.39 is 17.4 Å². The SMILES string of the molecule is CC(C)(C)OC(=O)/C(F)=C\C1CC1(C)C. The van der Waals surface area contributed by atoms with Crippen LogP contribution in [0, 0.1) is 11.3 Å². The van der Waals surface area contributed by atoms with Gasteiger partial charge in [0.2, 0.25) is 5.83 Å². The molecule has 0 aromatic carbocycles. The number of esters is 1. The third-order valence-electron chi connectivity index (χ3n) is 2.53. The largest absolute Gasteiger partial charge is 0.455 e. The van der Waals surface area contributed by atoms with E-state index in [2.05, 4.69) is 13.8 Å². The number of hydrogen-bond donors (Lipinski definition) is 0. The van der Waals surface area contributed by atoms with Crippen molar-refractivity contribution in [1.29, 1.82) is 0 Å². The third kappa shape index (κ3) is 3.65. The number of carbonyl (C=O) groups is 1. The van der Waals surface area contributed by atoms with Crippen molar-refractivity contribution in [2.75, 3.05) is 0 Å². The first-order valence-corrected chi connectivity index (χ1v) is 5.22. The first-order valence-electron chi connectivity index (χ1n) is 5.22. The Labute approximate surface area is 90.5 Å². The summed E-state index contributed by atoms with van der Waals surface area (Å²) in [5.41, 5.74) is -0.499. The minimum Gasteiger partial charge on any atom is -0.455 e. The molecule has 0 saturated heterocycles. The van der Waals surface area contributed by atoms with Crippen LogP contribution in [-0.4, -0.2) is 11.6 Å². The molecule has 1 atom stereocenters. The molecule has 0 amide bonds. The number of ether oxygens (including phenoxy) is 1. The van der Waals surface area contributed by atoms with Crippen molar-refractivity contribution >= 4 is 5.97 Å². The minimum atomic E-state index is -0.856. The smallest absolute Gasteiger partial charge is 0.367 e. The van der Waals surface area contributed by atoms with Crippen molar-refractivity contribution in [3.8, 4) is 0 Å². The van der Waals surface area contributed by atoms with E-state index in [0.717, 1.165) is 6.42 Å². The summed E-state index contributed by atoms with van der Waals surface area (Å²) < 4.78 is 18.3. The van der Waals surface area contributed by atoms with E-state index in [-0.39, 0.29) is 11.3 Å². The molecule has 0 spiro atoms. The standard InChI is InChI=1S/C12H19FO2/c1-11(2,3)15-10(14)9(13)6-8-7-12(8,4)5/h6,8H,7H2,1-5H3/b9-6+. The first kappa shape index (κ1) is 12.2. The molecule has 2 nitrogen and oxygen atoms in total. The maximum Gasteiger partial charge on any atom is 0.367 e. The van der Waals surface area contributed by atoms with Crippen molar-refractivity contribution in [2.45, 2.75) is 46.6 Å². The Morgan fingerprint density at radius 2 is 1.93 bits per heavy atom. The van der Waals surface area contributed by atoms with Crippen molar-refractivity contribution in [3.63, 3.8) is 0 Å². The van der Waals surface area contributed by atoms with Gasteiger partial charge in [-0.05, 0) is 44.6 Å². The van der Waals surface area contributed by atoms with Gasteiger partial charge in [0.1, 0.15) is 5.60 Å². The van der Waals surface area contributed by atoms with E-state index in [1.165, 1.54) is 6.08 Å². The Morgan fingerprint density at radius 1 is 1.47 bits per heavy atom. The van der Waals surface area contributed by atoms with E-state index in [1.54, 1.807) is 20.8 Å². The van der Waals surface area contributed by atoms with Gasteiger partial charge in [-0.1, -0.05) is 13.8 Å². The summed E-state index contributed by atoms with van der Waals surface area (Å²) in [4.78, 5) is 11.3. The second-order valence-corrected chi connectivity index (χ2v) is 5.82. The number of carbonyl (C=O) groups excluding carboxylic acids is 1. The predicted molar refractivity (Wildman–Crippen MR) is 56.9 cm³/mol. The van der Waals surface area contributed by atoms with Crippen molar-refractivity contribution < 1.29 is 13.9 Å². The van der Waals surface area contributed by atoms with Gasteiger partial charge in [0, 0.05) is 0 Å². The highest BCUT2D eigenvalue weighted by Crippen LogP contribution is 2.52. The Balaban J connectivity index is 2.54. The summed E-state index contributed by atoms with van der Waals surface area (Å²) in [5.74, 6) is -1.45. The summed E-state index contributed by atoms with van der Waals surface area (Å²) in [6, 6.07) is 0. The highest BCUT2D eigenvalue weighted by molar-refractivity contribution is 5.86. The molecule has 1 aliphatic carbocycles. The Morgan fingerprint density at radius 3 is 2.27 bits per heavy atom. The quantitative estimate of drug-likeness (QED) is 0.521. The maximum absolute atomic E-state index is 13.3. The Bertz CT molecular complexity index is 297. The fourth-order valence-electron chi connectivity index (χ4n) is 1.36. The summed E-state index contributed by atoms with van der Waals surface area (Å²) in [7, 11) is 0. The van der Waals surface area contributed by atoms with Gasteiger partial charge in [0.05, 0.1) is 0 Å². The molecule has 1 saturated carbocycles. The summed E-state index contributed by atoms with van der Waals surface area (Å²) in [6.45, 7) is 9.27. The van der Waals surface area contributed by atoms with Crippen LogP contribution in [0.2, 0.25) is 0 Å². The van der Waals surface area contributed by atoms with E-state index in [4.69, 9.17) is 4.74 Å². The highest BCUT2D eigenvalue weighted by Gasteiger charge is 2.44. The monoisotopic (exact) mass is 214 g/mol. The van der Waals surface area contributed by atoms with Crippen LogP contribution in [0.15, 0.2) is 11.9 Å². The fourth-order valence-corrected chi connectivity index (χ4v) is 1.36. The molecule has 1 rings (SSSR count). The molecule has 3 heteroatoms. The molecule has 0 aliphatic heterocycles. The van der Waals surface area contributed by atoms with Crippen molar-refractivity contribution in [2.24, 2.45) is 11.3 Å². The molecule has 1 fully saturated rings. The molecule has 86 valence electrons. The zero-order valence-corrected chi connectivity index (χ0v) is 10.1. The summed E-state index contributed by atoms with van der Waals surface area (Å²) in [6.07, 6.45) is 2.32. The molecule has 15 heavy (non-hydrogen) atoms. The minimum absolute atomic E-state index is 0.138. The van der Waals surface area contributed by atoms with Crippen LogP contribution in [-0.2, 0) is 9.53 Å². The van der Waals surface area contributed by atoms with Crippen LogP contribution in [0.4, 0.5) is 4.39 Å². The molecule has 0 bridgehead atoms. The molecule has 1 unspecified atom stereocenters. The third-order valence-corrected chi connectivity index (χ3v) is 2.53. The van der Waals surface area contributed by atoms with E-state index >= 15 is 0 Å². The van der Waals surface area contributed by atoms with Crippen LogP contribution in [0.5, 0.6) is 0 Å². The topological polar surface area (TPSA) is 26.3 Å². The zero-order valence-electron chi connectivity index (χ0n) is 10.1. The lowest BCUT2D eigenvalue weighted by Gasteiger charge is -2.18. The zero-order chi connectivity index (χ0) is 11.9. The van der Waals surface area contributed by atoms with E-state index in [0.29, 0.717) is 0 Å². The first-order chi connectivity index (χ1) is 6.62. The fraction of sp³-hybridized carbons (Fsp3) is 0.750. The van der Waals surface area contributed by atoms with Gasteiger partial charge in [-0.2, -0.15) is 4.39 Å². The lowest BCUT2D eigenvalue weighted by Crippen LogP contribution is -2.24. The normalized spacial score (nSPS) is 24.9. The predicted octanol–water partition coefficient (Wildman–Crippen LogP) is 3.23. The van der Waals surface area contributed by atoms with E-state index in [9.17, 15) is 9.18 Å². The molecule has 1 aliphatic rings. The number of hydrogen-bond acceptors (Lipinski definition) is 2. The lowest BCUT2D eigenvalue weighted by atomic mass is 10.1. The summed E-state index contributed by atoms with van der Waals surface area (Å²) in [5, 5.41) is 0. The average molecular weight is 214 g/mol. The van der Waals surface area contributed by atoms with Gasteiger partial charge < -0.3 is 4.74 Å². The van der Waals surface area contributed by atoms with Gasteiger partial charge in [0.15, 0.2) is 0 Å². The molecular weight excluding hydrogens is 195 g/mol. The second-order valence-electron chi connectivity index (χ2n) is 5.82. The van der Waals surface area contributed by atoms with Crippen LogP contribution >= 0.6 is 0 Å². The average Bonchev–Trinajstić information content (AvgIpc) is 2.54.